The molecule has 15 heavy (non-hydrogen) atoms. The van der Waals surface area contributed by atoms with Crippen LogP contribution in [0.3, 0.4) is 0 Å². The van der Waals surface area contributed by atoms with E-state index in [2.05, 4.69) is 43.5 Å². The second-order valence-electron chi connectivity index (χ2n) is 4.45. The Kier molecular flexibility index (Phi) is 5.37. The van der Waals surface area contributed by atoms with Crippen molar-refractivity contribution in [1.82, 2.24) is 5.43 Å². The molecule has 84 valence electrons. The van der Waals surface area contributed by atoms with Gasteiger partial charge in [0, 0.05) is 6.04 Å². The Bertz CT molecular complexity index is 256. The van der Waals surface area contributed by atoms with Crippen LogP contribution in [-0.4, -0.2) is 0 Å². The molecule has 1 aromatic carbocycles. The van der Waals surface area contributed by atoms with Crippen molar-refractivity contribution in [2.45, 2.75) is 39.2 Å². The third-order valence-corrected chi connectivity index (χ3v) is 2.68. The first-order valence-electron chi connectivity index (χ1n) is 5.75. The summed E-state index contributed by atoms with van der Waals surface area (Å²) in [5.41, 5.74) is 4.17. The van der Waals surface area contributed by atoms with Gasteiger partial charge in [0.1, 0.15) is 0 Å². The van der Waals surface area contributed by atoms with E-state index >= 15 is 0 Å². The van der Waals surface area contributed by atoms with Crippen LogP contribution in [0.1, 0.15) is 44.7 Å². The normalized spacial score (nSPS) is 13.1. The van der Waals surface area contributed by atoms with Crippen molar-refractivity contribution in [1.29, 1.82) is 0 Å². The fraction of sp³-hybridized carbons (Fsp3) is 0.538. The lowest BCUT2D eigenvalue weighted by atomic mass is 9.98. The van der Waals surface area contributed by atoms with E-state index in [4.69, 9.17) is 5.84 Å². The van der Waals surface area contributed by atoms with Crippen LogP contribution in [0.2, 0.25) is 0 Å². The molecule has 0 saturated carbocycles. The fourth-order valence-corrected chi connectivity index (χ4v) is 1.76. The standard InChI is InChI=1S/C13H22N2/c1-11(2)7-6-10-13(15-14)12-8-4-3-5-9-12/h3-5,8-9,11,13,15H,6-7,10,14H2,1-2H3. The highest BCUT2D eigenvalue weighted by Gasteiger charge is 2.08. The molecule has 0 bridgehead atoms. The minimum Gasteiger partial charge on any atom is -0.271 e. The number of nitrogens with two attached hydrogens (primary N) is 1. The molecule has 0 fully saturated rings. The smallest absolute Gasteiger partial charge is 0.0460 e. The molecule has 0 amide bonds. The number of hydrazine groups is 1. The van der Waals surface area contributed by atoms with Gasteiger partial charge in [-0.05, 0) is 17.9 Å². The Morgan fingerprint density at radius 2 is 1.80 bits per heavy atom. The van der Waals surface area contributed by atoms with E-state index in [9.17, 15) is 0 Å². The highest BCUT2D eigenvalue weighted by atomic mass is 15.2. The van der Waals surface area contributed by atoms with Gasteiger partial charge in [0.25, 0.3) is 0 Å². The first-order chi connectivity index (χ1) is 7.24. The third kappa shape index (κ3) is 4.45. The van der Waals surface area contributed by atoms with Crippen LogP contribution >= 0.6 is 0 Å². The summed E-state index contributed by atoms with van der Waals surface area (Å²) in [6, 6.07) is 10.7. The highest BCUT2D eigenvalue weighted by molar-refractivity contribution is 5.18. The van der Waals surface area contributed by atoms with E-state index in [1.54, 1.807) is 0 Å². The lowest BCUT2D eigenvalue weighted by molar-refractivity contribution is 0.455. The van der Waals surface area contributed by atoms with Crippen molar-refractivity contribution in [2.75, 3.05) is 0 Å². The van der Waals surface area contributed by atoms with Crippen LogP contribution in [0.15, 0.2) is 30.3 Å². The van der Waals surface area contributed by atoms with Gasteiger partial charge >= 0.3 is 0 Å². The average Bonchev–Trinajstić information content (AvgIpc) is 2.25. The Morgan fingerprint density at radius 1 is 1.13 bits per heavy atom. The number of nitrogens with one attached hydrogen (secondary N) is 1. The highest BCUT2D eigenvalue weighted by Crippen LogP contribution is 2.19. The molecule has 0 aliphatic rings. The van der Waals surface area contributed by atoms with Crippen LogP contribution in [0.5, 0.6) is 0 Å². The molecular formula is C13H22N2. The molecule has 0 spiro atoms. The zero-order valence-corrected chi connectivity index (χ0v) is 9.74. The van der Waals surface area contributed by atoms with Crippen molar-refractivity contribution in [3.05, 3.63) is 35.9 Å². The molecule has 0 radical (unpaired) electrons. The number of hydrogen-bond acceptors (Lipinski definition) is 2. The summed E-state index contributed by atoms with van der Waals surface area (Å²) < 4.78 is 0. The van der Waals surface area contributed by atoms with Gasteiger partial charge in [-0.25, -0.2) is 0 Å². The number of hydrogen-bond donors (Lipinski definition) is 2. The van der Waals surface area contributed by atoms with Crippen molar-refractivity contribution in [3.63, 3.8) is 0 Å². The zero-order valence-electron chi connectivity index (χ0n) is 9.74. The lowest BCUT2D eigenvalue weighted by Crippen LogP contribution is -2.27. The monoisotopic (exact) mass is 206 g/mol. The average molecular weight is 206 g/mol. The van der Waals surface area contributed by atoms with Gasteiger partial charge in [-0.2, -0.15) is 0 Å². The van der Waals surface area contributed by atoms with E-state index in [0.29, 0.717) is 6.04 Å². The first-order valence-corrected chi connectivity index (χ1v) is 5.75. The minimum absolute atomic E-state index is 0.296. The van der Waals surface area contributed by atoms with Gasteiger partial charge in [-0.3, -0.25) is 11.3 Å². The molecule has 1 atom stereocenters. The van der Waals surface area contributed by atoms with Gasteiger partial charge in [0.05, 0.1) is 0 Å². The summed E-state index contributed by atoms with van der Waals surface area (Å²) in [7, 11) is 0. The molecule has 1 aromatic rings. The summed E-state index contributed by atoms with van der Waals surface area (Å²) in [5.74, 6) is 6.35. The molecule has 1 unspecified atom stereocenters. The van der Waals surface area contributed by atoms with Gasteiger partial charge in [-0.1, -0.05) is 57.0 Å². The third-order valence-electron chi connectivity index (χ3n) is 2.68. The summed E-state index contributed by atoms with van der Waals surface area (Å²) in [4.78, 5) is 0. The molecule has 2 nitrogen and oxygen atoms in total. The Labute approximate surface area is 92.8 Å². The van der Waals surface area contributed by atoms with Crippen LogP contribution in [0.4, 0.5) is 0 Å². The Morgan fingerprint density at radius 3 is 2.33 bits per heavy atom. The van der Waals surface area contributed by atoms with Crippen LogP contribution in [0, 0.1) is 5.92 Å². The van der Waals surface area contributed by atoms with Gasteiger partial charge < -0.3 is 0 Å². The summed E-state index contributed by atoms with van der Waals surface area (Å²) in [5, 5.41) is 0. The van der Waals surface area contributed by atoms with Crippen LogP contribution in [0.25, 0.3) is 0 Å². The Hall–Kier alpha value is -0.860. The summed E-state index contributed by atoms with van der Waals surface area (Å²) in [6.07, 6.45) is 3.60. The maximum absolute atomic E-state index is 5.57. The minimum atomic E-state index is 0.296. The number of benzene rings is 1. The molecule has 0 heterocycles. The van der Waals surface area contributed by atoms with Gasteiger partial charge in [0.15, 0.2) is 0 Å². The molecule has 0 saturated heterocycles. The quantitative estimate of drug-likeness (QED) is 0.554. The van der Waals surface area contributed by atoms with Crippen molar-refractivity contribution in [2.24, 2.45) is 11.8 Å². The molecule has 3 N–H and O–H groups in total. The predicted molar refractivity (Wildman–Crippen MR) is 65.2 cm³/mol. The van der Waals surface area contributed by atoms with E-state index in [-0.39, 0.29) is 0 Å². The van der Waals surface area contributed by atoms with E-state index < -0.39 is 0 Å². The lowest BCUT2D eigenvalue weighted by Gasteiger charge is -2.16. The zero-order chi connectivity index (χ0) is 11.1. The molecule has 1 rings (SSSR count). The molecule has 0 aromatic heterocycles. The second kappa shape index (κ2) is 6.59. The van der Waals surface area contributed by atoms with E-state index in [1.807, 2.05) is 6.07 Å². The summed E-state index contributed by atoms with van der Waals surface area (Å²) >= 11 is 0. The Balaban J connectivity index is 2.43. The largest absolute Gasteiger partial charge is 0.271 e. The van der Waals surface area contributed by atoms with Crippen molar-refractivity contribution < 1.29 is 0 Å². The maximum Gasteiger partial charge on any atom is 0.0460 e. The topological polar surface area (TPSA) is 38.0 Å². The van der Waals surface area contributed by atoms with Gasteiger partial charge in [-0.15, -0.1) is 0 Å². The van der Waals surface area contributed by atoms with Gasteiger partial charge in [0.2, 0.25) is 0 Å². The fourth-order valence-electron chi connectivity index (χ4n) is 1.76. The first kappa shape index (κ1) is 12.2. The van der Waals surface area contributed by atoms with Crippen LogP contribution in [-0.2, 0) is 0 Å². The molecule has 0 aliphatic heterocycles. The van der Waals surface area contributed by atoms with E-state index in [1.165, 1.54) is 18.4 Å². The predicted octanol–water partition coefficient (Wildman–Crippen LogP) is 3.02. The maximum atomic E-state index is 5.57. The van der Waals surface area contributed by atoms with Crippen LogP contribution < -0.4 is 11.3 Å². The second-order valence-corrected chi connectivity index (χ2v) is 4.45. The SMILES string of the molecule is CC(C)CCCC(NN)c1ccccc1. The molecule has 0 aliphatic carbocycles. The molecular weight excluding hydrogens is 184 g/mol. The van der Waals surface area contributed by atoms with E-state index in [0.717, 1.165) is 12.3 Å². The van der Waals surface area contributed by atoms with Crippen molar-refractivity contribution >= 4 is 0 Å². The summed E-state index contributed by atoms with van der Waals surface area (Å²) in [6.45, 7) is 4.51. The number of rotatable bonds is 6. The van der Waals surface area contributed by atoms with Crippen molar-refractivity contribution in [3.8, 4) is 0 Å². The molecule has 2 heteroatoms.